The first-order valence-electron chi connectivity index (χ1n) is 7.02. The van der Waals surface area contributed by atoms with E-state index in [1.165, 1.54) is 0 Å². The lowest BCUT2D eigenvalue weighted by Crippen LogP contribution is -2.37. The van der Waals surface area contributed by atoms with Crippen LogP contribution < -0.4 is 10.6 Å². The molecule has 3 N–H and O–H groups in total. The number of halogens is 4. The number of amides is 2. The number of hydrogen-bond acceptors (Lipinski definition) is 4. The zero-order valence-electron chi connectivity index (χ0n) is 12.8. The summed E-state index contributed by atoms with van der Waals surface area (Å²) in [6, 6.07) is 0.871. The van der Waals surface area contributed by atoms with Crippen LogP contribution in [0.4, 0.5) is 19.3 Å². The van der Waals surface area contributed by atoms with Crippen LogP contribution in [0.2, 0.25) is 5.02 Å². The van der Waals surface area contributed by atoms with Gasteiger partial charge in [0.1, 0.15) is 4.90 Å². The first-order valence-corrected chi connectivity index (χ1v) is 9.26. The van der Waals surface area contributed by atoms with Gasteiger partial charge in [-0.05, 0) is 25.0 Å². The van der Waals surface area contributed by atoms with Crippen LogP contribution in [0.25, 0.3) is 0 Å². The standard InChI is InChI=1S/C14H14Cl2F2N2O4S/c1-14(17,18)25(23,24)12-8(16)5-6-10(11(12)21)20-13(22)19-9-4-2-3-7(9)15/h3,5-6,9,21H,2,4H2,1H3,(H2,19,20,22). The summed E-state index contributed by atoms with van der Waals surface area (Å²) < 4.78 is 50.6. The molecule has 1 atom stereocenters. The van der Waals surface area contributed by atoms with Crippen molar-refractivity contribution in [1.82, 2.24) is 5.32 Å². The van der Waals surface area contributed by atoms with Crippen LogP contribution >= 0.6 is 23.2 Å². The van der Waals surface area contributed by atoms with E-state index in [1.807, 2.05) is 0 Å². The molecular weight excluding hydrogens is 401 g/mol. The molecule has 1 aliphatic carbocycles. The number of carbonyl (C=O) groups is 1. The van der Waals surface area contributed by atoms with Gasteiger partial charge in [0.2, 0.25) is 9.84 Å². The monoisotopic (exact) mass is 414 g/mol. The van der Waals surface area contributed by atoms with Gasteiger partial charge >= 0.3 is 11.3 Å². The molecule has 0 fully saturated rings. The van der Waals surface area contributed by atoms with Gasteiger partial charge in [-0.25, -0.2) is 13.2 Å². The van der Waals surface area contributed by atoms with Gasteiger partial charge in [-0.3, -0.25) is 0 Å². The minimum Gasteiger partial charge on any atom is -0.504 e. The molecule has 25 heavy (non-hydrogen) atoms. The van der Waals surface area contributed by atoms with E-state index < -0.39 is 42.8 Å². The SMILES string of the molecule is CC(F)(F)S(=O)(=O)c1c(Cl)ccc(NC(=O)NC2CCC=C2Cl)c1O. The molecule has 2 amide bonds. The number of aromatic hydroxyl groups is 1. The highest BCUT2D eigenvalue weighted by atomic mass is 35.5. The summed E-state index contributed by atoms with van der Waals surface area (Å²) in [7, 11) is -5.24. The smallest absolute Gasteiger partial charge is 0.347 e. The molecule has 1 aliphatic rings. The largest absolute Gasteiger partial charge is 0.504 e. The molecule has 0 radical (unpaired) electrons. The van der Waals surface area contributed by atoms with Gasteiger partial charge in [-0.1, -0.05) is 29.3 Å². The van der Waals surface area contributed by atoms with E-state index in [0.29, 0.717) is 17.9 Å². The predicted octanol–water partition coefficient (Wildman–Crippen LogP) is 3.84. The van der Waals surface area contributed by atoms with Crippen LogP contribution in [-0.4, -0.2) is 30.9 Å². The summed E-state index contributed by atoms with van der Waals surface area (Å²) >= 11 is 11.6. The molecule has 2 rings (SSSR count). The first-order chi connectivity index (χ1) is 11.4. The average Bonchev–Trinajstić information content (AvgIpc) is 2.86. The summed E-state index contributed by atoms with van der Waals surface area (Å²) in [6.07, 6.45) is 3.00. The number of hydrogen-bond donors (Lipinski definition) is 3. The number of allylic oxidation sites excluding steroid dienone is 1. The minimum absolute atomic E-state index is 0.166. The van der Waals surface area contributed by atoms with Crippen molar-refractivity contribution in [3.05, 3.63) is 28.3 Å². The van der Waals surface area contributed by atoms with Crippen molar-refractivity contribution in [2.75, 3.05) is 5.32 Å². The van der Waals surface area contributed by atoms with Gasteiger partial charge in [0.15, 0.2) is 5.75 Å². The number of sulfone groups is 1. The van der Waals surface area contributed by atoms with Crippen molar-refractivity contribution >= 4 is 44.8 Å². The second-order valence-electron chi connectivity index (χ2n) is 5.40. The number of benzene rings is 1. The Bertz CT molecular complexity index is 838. The summed E-state index contributed by atoms with van der Waals surface area (Å²) in [5.74, 6) is -1.07. The molecule has 0 aromatic heterocycles. The zero-order chi connectivity index (χ0) is 19.0. The van der Waals surface area contributed by atoms with Gasteiger partial charge < -0.3 is 15.7 Å². The van der Waals surface area contributed by atoms with Crippen LogP contribution in [0.1, 0.15) is 19.8 Å². The van der Waals surface area contributed by atoms with E-state index in [-0.39, 0.29) is 12.6 Å². The number of anilines is 1. The number of nitrogens with one attached hydrogen (secondary N) is 2. The van der Waals surface area contributed by atoms with Crippen molar-refractivity contribution in [2.24, 2.45) is 0 Å². The van der Waals surface area contributed by atoms with E-state index in [1.54, 1.807) is 6.08 Å². The van der Waals surface area contributed by atoms with E-state index in [0.717, 1.165) is 12.1 Å². The van der Waals surface area contributed by atoms with Crippen LogP contribution in [0.3, 0.4) is 0 Å². The van der Waals surface area contributed by atoms with Crippen molar-refractivity contribution in [3.63, 3.8) is 0 Å². The minimum atomic E-state index is -5.24. The molecule has 1 aromatic rings. The lowest BCUT2D eigenvalue weighted by Gasteiger charge is -2.18. The molecule has 0 saturated heterocycles. The fourth-order valence-corrected chi connectivity index (χ4v) is 3.99. The van der Waals surface area contributed by atoms with Crippen molar-refractivity contribution in [1.29, 1.82) is 0 Å². The fraction of sp³-hybridized carbons (Fsp3) is 0.357. The van der Waals surface area contributed by atoms with Crippen LogP contribution in [0.5, 0.6) is 5.75 Å². The summed E-state index contributed by atoms with van der Waals surface area (Å²) in [6.45, 7) is 0.166. The number of phenolic OH excluding ortho intramolecular Hbond substituents is 1. The van der Waals surface area contributed by atoms with E-state index in [9.17, 15) is 27.1 Å². The predicted molar refractivity (Wildman–Crippen MR) is 90.0 cm³/mol. The van der Waals surface area contributed by atoms with Crippen molar-refractivity contribution in [3.8, 4) is 5.75 Å². The molecule has 11 heteroatoms. The average molecular weight is 415 g/mol. The maximum Gasteiger partial charge on any atom is 0.347 e. The molecule has 6 nitrogen and oxygen atoms in total. The number of rotatable bonds is 4. The Morgan fingerprint density at radius 3 is 2.52 bits per heavy atom. The Kier molecular flexibility index (Phi) is 5.50. The second kappa shape index (κ2) is 6.97. The zero-order valence-corrected chi connectivity index (χ0v) is 15.1. The van der Waals surface area contributed by atoms with Crippen LogP contribution in [0.15, 0.2) is 28.1 Å². The number of carbonyl (C=O) groups excluding carboxylic acids is 1. The summed E-state index contributed by atoms with van der Waals surface area (Å²) in [5.41, 5.74) is -0.386. The van der Waals surface area contributed by atoms with Crippen LogP contribution in [0, 0.1) is 0 Å². The second-order valence-corrected chi connectivity index (χ2v) is 8.38. The Morgan fingerprint density at radius 2 is 2.00 bits per heavy atom. The Morgan fingerprint density at radius 1 is 1.36 bits per heavy atom. The number of urea groups is 1. The third kappa shape index (κ3) is 3.99. The number of phenols is 1. The maximum absolute atomic E-state index is 13.4. The normalized spacial score (nSPS) is 18.0. The van der Waals surface area contributed by atoms with Crippen molar-refractivity contribution in [2.45, 2.75) is 36.0 Å². The fourth-order valence-electron chi connectivity index (χ4n) is 2.21. The van der Waals surface area contributed by atoms with E-state index >= 15 is 0 Å². The van der Waals surface area contributed by atoms with Crippen LogP contribution in [-0.2, 0) is 9.84 Å². The Balaban J connectivity index is 2.30. The molecule has 1 aromatic carbocycles. The van der Waals surface area contributed by atoms with Gasteiger partial charge in [-0.2, -0.15) is 8.78 Å². The lowest BCUT2D eigenvalue weighted by molar-refractivity contribution is 0.114. The van der Waals surface area contributed by atoms with Gasteiger partial charge in [0, 0.05) is 12.0 Å². The Hall–Kier alpha value is -1.58. The molecule has 0 heterocycles. The molecule has 138 valence electrons. The van der Waals surface area contributed by atoms with E-state index in [4.69, 9.17) is 23.2 Å². The molecule has 0 aliphatic heterocycles. The van der Waals surface area contributed by atoms with Gasteiger partial charge in [-0.15, -0.1) is 0 Å². The molecule has 0 saturated carbocycles. The highest BCUT2D eigenvalue weighted by Crippen LogP contribution is 2.42. The number of alkyl halides is 2. The lowest BCUT2D eigenvalue weighted by atomic mass is 10.2. The van der Waals surface area contributed by atoms with Gasteiger partial charge in [0.25, 0.3) is 0 Å². The molecule has 0 bridgehead atoms. The molecular formula is C14H14Cl2F2N2O4S. The van der Waals surface area contributed by atoms with E-state index in [2.05, 4.69) is 10.6 Å². The third-order valence-electron chi connectivity index (χ3n) is 3.51. The summed E-state index contributed by atoms with van der Waals surface area (Å²) in [5, 5.41) is 10.5. The summed E-state index contributed by atoms with van der Waals surface area (Å²) in [4.78, 5) is 10.8. The van der Waals surface area contributed by atoms with Gasteiger partial charge in [0.05, 0.1) is 16.8 Å². The first kappa shape index (κ1) is 19.7. The molecule has 1 unspecified atom stereocenters. The highest BCUT2D eigenvalue weighted by Gasteiger charge is 2.44. The van der Waals surface area contributed by atoms with Crippen molar-refractivity contribution < 1.29 is 27.1 Å². The highest BCUT2D eigenvalue weighted by molar-refractivity contribution is 7.92. The molecule has 0 spiro atoms. The quantitative estimate of drug-likeness (QED) is 0.652. The third-order valence-corrected chi connectivity index (χ3v) is 6.24. The maximum atomic E-state index is 13.4. The Labute approximate surface area is 152 Å². The topological polar surface area (TPSA) is 95.5 Å².